The van der Waals surface area contributed by atoms with Gasteiger partial charge < -0.3 is 4.90 Å². The van der Waals surface area contributed by atoms with E-state index in [-0.39, 0.29) is 10.7 Å². The maximum Gasteiger partial charge on any atom is 0.223 e. The van der Waals surface area contributed by atoms with E-state index in [9.17, 15) is 4.79 Å². The summed E-state index contributed by atoms with van der Waals surface area (Å²) in [4.78, 5) is 13.9. The van der Waals surface area contributed by atoms with E-state index in [1.165, 1.54) is 22.3 Å². The fourth-order valence-electron chi connectivity index (χ4n) is 3.29. The molecule has 2 aliphatic rings. The minimum absolute atomic E-state index is 0.0338. The van der Waals surface area contributed by atoms with E-state index in [0.29, 0.717) is 6.42 Å². The fraction of sp³-hybridized carbons (Fsp3) is 0.471. The molecule has 0 radical (unpaired) electrons. The lowest BCUT2D eigenvalue weighted by atomic mass is 9.90. The Labute approximate surface area is 125 Å². The van der Waals surface area contributed by atoms with E-state index in [1.807, 2.05) is 25.9 Å². The van der Waals surface area contributed by atoms with Gasteiger partial charge in [0.1, 0.15) is 0 Å². The van der Waals surface area contributed by atoms with Crippen molar-refractivity contribution >= 4 is 23.2 Å². The Hall–Kier alpha value is -1.22. The molecule has 1 aromatic carbocycles. The number of hydrogen-bond acceptors (Lipinski definition) is 2. The molecule has 20 heavy (non-hydrogen) atoms. The number of fused-ring (bicyclic) bond motifs is 2. The zero-order valence-corrected chi connectivity index (χ0v) is 13.2. The number of hydrogen-bond donors (Lipinski definition) is 0. The van der Waals surface area contributed by atoms with E-state index >= 15 is 0 Å². The third-order valence-corrected chi connectivity index (χ3v) is 5.91. The number of thioether (sulfide) groups is 1. The highest BCUT2D eigenvalue weighted by atomic mass is 32.2. The molecule has 1 aliphatic heterocycles. The van der Waals surface area contributed by atoms with E-state index in [2.05, 4.69) is 31.2 Å². The van der Waals surface area contributed by atoms with Gasteiger partial charge in [0.15, 0.2) is 0 Å². The quantitative estimate of drug-likeness (QED) is 0.831. The summed E-state index contributed by atoms with van der Waals surface area (Å²) in [6.07, 6.45) is 2.77. The monoisotopic (exact) mass is 287 g/mol. The van der Waals surface area contributed by atoms with Gasteiger partial charge in [0.05, 0.1) is 0 Å². The van der Waals surface area contributed by atoms with E-state index in [0.717, 1.165) is 18.6 Å². The molecule has 1 amide bonds. The normalized spacial score (nSPS) is 24.4. The molecule has 0 saturated heterocycles. The van der Waals surface area contributed by atoms with E-state index < -0.39 is 0 Å². The molecule has 0 saturated carbocycles. The fourth-order valence-corrected chi connectivity index (χ4v) is 4.64. The molecule has 2 nitrogen and oxygen atoms in total. The predicted molar refractivity (Wildman–Crippen MR) is 85.9 cm³/mol. The first-order valence-corrected chi connectivity index (χ1v) is 8.15. The van der Waals surface area contributed by atoms with Crippen molar-refractivity contribution in [3.8, 4) is 0 Å². The average Bonchev–Trinajstić information content (AvgIpc) is 2.79. The van der Waals surface area contributed by atoms with Crippen molar-refractivity contribution in [1.82, 2.24) is 4.90 Å². The standard InChI is InChI=1S/C17H21NOS/c1-17(11-16(19)18(2)3)15-10-12-6-4-5-7-13(12)14(15)8-9-20-17/h4-7H,8-11H2,1-3H3. The first-order valence-electron chi connectivity index (χ1n) is 7.16. The van der Waals surface area contributed by atoms with Crippen molar-refractivity contribution in [3.63, 3.8) is 0 Å². The molecule has 1 aliphatic carbocycles. The zero-order valence-electron chi connectivity index (χ0n) is 12.4. The summed E-state index contributed by atoms with van der Waals surface area (Å²) in [5, 5.41) is 0. The third kappa shape index (κ3) is 2.18. The molecule has 3 heteroatoms. The van der Waals surface area contributed by atoms with Crippen LogP contribution >= 0.6 is 11.8 Å². The van der Waals surface area contributed by atoms with Crippen molar-refractivity contribution in [2.75, 3.05) is 19.8 Å². The van der Waals surface area contributed by atoms with Crippen LogP contribution in [0, 0.1) is 0 Å². The summed E-state index contributed by atoms with van der Waals surface area (Å²) >= 11 is 1.95. The van der Waals surface area contributed by atoms with Gasteiger partial charge in [0.2, 0.25) is 5.91 Å². The highest BCUT2D eigenvalue weighted by Gasteiger charge is 2.40. The minimum atomic E-state index is -0.0338. The lowest BCUT2D eigenvalue weighted by molar-refractivity contribution is -0.129. The number of rotatable bonds is 2. The van der Waals surface area contributed by atoms with Gasteiger partial charge in [-0.1, -0.05) is 24.3 Å². The maximum absolute atomic E-state index is 12.2. The summed E-state index contributed by atoms with van der Waals surface area (Å²) in [5.74, 6) is 1.34. The van der Waals surface area contributed by atoms with Gasteiger partial charge in [-0.2, -0.15) is 11.8 Å². The van der Waals surface area contributed by atoms with Gasteiger partial charge in [-0.25, -0.2) is 0 Å². The Morgan fingerprint density at radius 2 is 2.10 bits per heavy atom. The van der Waals surface area contributed by atoms with Crippen LogP contribution in [0.5, 0.6) is 0 Å². The second kappa shape index (κ2) is 4.96. The molecule has 3 rings (SSSR count). The van der Waals surface area contributed by atoms with Crippen LogP contribution < -0.4 is 0 Å². The van der Waals surface area contributed by atoms with Gasteiger partial charge in [0, 0.05) is 25.3 Å². The van der Waals surface area contributed by atoms with Crippen LogP contribution in [-0.4, -0.2) is 35.4 Å². The second-order valence-electron chi connectivity index (χ2n) is 6.09. The first kappa shape index (κ1) is 13.7. The van der Waals surface area contributed by atoms with Crippen LogP contribution in [0.2, 0.25) is 0 Å². The Morgan fingerprint density at radius 1 is 1.35 bits per heavy atom. The largest absolute Gasteiger partial charge is 0.349 e. The second-order valence-corrected chi connectivity index (χ2v) is 7.68. The molecule has 0 fully saturated rings. The highest BCUT2D eigenvalue weighted by molar-refractivity contribution is 8.00. The van der Waals surface area contributed by atoms with Crippen molar-refractivity contribution in [1.29, 1.82) is 0 Å². The van der Waals surface area contributed by atoms with Crippen LogP contribution in [0.25, 0.3) is 5.57 Å². The topological polar surface area (TPSA) is 20.3 Å². The van der Waals surface area contributed by atoms with Crippen molar-refractivity contribution in [2.24, 2.45) is 0 Å². The van der Waals surface area contributed by atoms with Gasteiger partial charge in [0.25, 0.3) is 0 Å². The number of allylic oxidation sites excluding steroid dienone is 1. The summed E-state index contributed by atoms with van der Waals surface area (Å²) in [7, 11) is 3.69. The van der Waals surface area contributed by atoms with Crippen molar-refractivity contribution in [2.45, 2.75) is 30.9 Å². The van der Waals surface area contributed by atoms with Gasteiger partial charge in [-0.3, -0.25) is 4.79 Å². The smallest absolute Gasteiger partial charge is 0.223 e. The summed E-state index contributed by atoms with van der Waals surface area (Å²) in [5.41, 5.74) is 5.86. The Kier molecular flexibility index (Phi) is 3.41. The lowest BCUT2D eigenvalue weighted by Gasteiger charge is -2.36. The summed E-state index contributed by atoms with van der Waals surface area (Å²) in [6, 6.07) is 8.71. The summed E-state index contributed by atoms with van der Waals surface area (Å²) < 4.78 is -0.0338. The Morgan fingerprint density at radius 3 is 2.85 bits per heavy atom. The maximum atomic E-state index is 12.2. The van der Waals surface area contributed by atoms with Gasteiger partial charge >= 0.3 is 0 Å². The van der Waals surface area contributed by atoms with Gasteiger partial charge in [-0.05, 0) is 47.8 Å². The van der Waals surface area contributed by atoms with E-state index in [4.69, 9.17) is 0 Å². The number of nitrogens with zero attached hydrogens (tertiary/aromatic N) is 1. The highest BCUT2D eigenvalue weighted by Crippen LogP contribution is 2.51. The van der Waals surface area contributed by atoms with Crippen LogP contribution in [-0.2, 0) is 11.2 Å². The third-order valence-electron chi connectivity index (χ3n) is 4.47. The van der Waals surface area contributed by atoms with Crippen LogP contribution in [0.15, 0.2) is 29.8 Å². The van der Waals surface area contributed by atoms with Crippen LogP contribution in [0.4, 0.5) is 0 Å². The number of carbonyl (C=O) groups excluding carboxylic acids is 1. The molecule has 1 unspecified atom stereocenters. The SMILES string of the molecule is CN(C)C(=O)CC1(C)SCCC2=C1Cc1ccccc12. The van der Waals surface area contributed by atoms with Crippen molar-refractivity contribution < 1.29 is 4.79 Å². The molecule has 106 valence electrons. The number of amides is 1. The van der Waals surface area contributed by atoms with Crippen molar-refractivity contribution in [3.05, 3.63) is 41.0 Å². The lowest BCUT2D eigenvalue weighted by Crippen LogP contribution is -2.35. The zero-order chi connectivity index (χ0) is 14.3. The molecule has 0 bridgehead atoms. The minimum Gasteiger partial charge on any atom is -0.349 e. The molecule has 0 N–H and O–H groups in total. The van der Waals surface area contributed by atoms with E-state index in [1.54, 1.807) is 4.90 Å². The number of benzene rings is 1. The Balaban J connectivity index is 1.96. The molecule has 0 spiro atoms. The Bertz CT molecular complexity index is 590. The molecule has 0 aromatic heterocycles. The predicted octanol–water partition coefficient (Wildman–Crippen LogP) is 3.37. The first-order chi connectivity index (χ1) is 9.51. The molecular weight excluding hydrogens is 266 g/mol. The summed E-state index contributed by atoms with van der Waals surface area (Å²) in [6.45, 7) is 2.25. The number of carbonyl (C=O) groups is 1. The van der Waals surface area contributed by atoms with Gasteiger partial charge in [-0.15, -0.1) is 0 Å². The van der Waals surface area contributed by atoms with Crippen LogP contribution in [0.3, 0.4) is 0 Å². The average molecular weight is 287 g/mol. The molecule has 1 aromatic rings. The molecule has 1 atom stereocenters. The molecule has 1 heterocycles. The van der Waals surface area contributed by atoms with Crippen LogP contribution in [0.1, 0.15) is 30.9 Å². The molecular formula is C17H21NOS.